The Morgan fingerprint density at radius 2 is 1.72 bits per heavy atom. The van der Waals surface area contributed by atoms with Gasteiger partial charge in [-0.3, -0.25) is 20.2 Å². The van der Waals surface area contributed by atoms with Gasteiger partial charge in [0, 0.05) is 12.5 Å². The minimum absolute atomic E-state index is 0.0778. The van der Waals surface area contributed by atoms with Crippen molar-refractivity contribution in [2.45, 2.75) is 53.6 Å². The third-order valence-electron chi connectivity index (χ3n) is 2.80. The van der Waals surface area contributed by atoms with Crippen molar-refractivity contribution in [3.63, 3.8) is 0 Å². The molecule has 0 spiro atoms. The van der Waals surface area contributed by atoms with E-state index in [1.165, 1.54) is 18.2 Å². The average Bonchev–Trinajstić information content (AvgIpc) is 2.35. The van der Waals surface area contributed by atoms with Gasteiger partial charge in [0.15, 0.2) is 0 Å². The Morgan fingerprint density at radius 1 is 1.12 bits per heavy atom. The van der Waals surface area contributed by atoms with Gasteiger partial charge in [-0.1, -0.05) is 20.8 Å². The molecule has 2 amide bonds. The van der Waals surface area contributed by atoms with Crippen molar-refractivity contribution in [1.82, 2.24) is 0 Å². The molecule has 138 valence electrons. The average molecular weight is 351 g/mol. The van der Waals surface area contributed by atoms with Crippen LogP contribution in [0.4, 0.5) is 21.9 Å². The minimum atomic E-state index is -0.716. The Bertz CT molecular complexity index is 672. The smallest absolute Gasteiger partial charge is 0.412 e. The van der Waals surface area contributed by atoms with Crippen LogP contribution in [0.5, 0.6) is 0 Å². The molecule has 0 bridgehead atoms. The van der Waals surface area contributed by atoms with Gasteiger partial charge in [-0.15, -0.1) is 0 Å². The molecule has 0 aliphatic rings. The first-order chi connectivity index (χ1) is 11.3. The number of hydrogen-bond donors (Lipinski definition) is 2. The first kappa shape index (κ1) is 20.4. The van der Waals surface area contributed by atoms with Crippen molar-refractivity contribution >= 4 is 29.1 Å². The van der Waals surface area contributed by atoms with Crippen LogP contribution >= 0.6 is 0 Å². The Balaban J connectivity index is 2.95. The third kappa shape index (κ3) is 7.65. The lowest BCUT2D eigenvalue weighted by Crippen LogP contribution is -2.27. The van der Waals surface area contributed by atoms with Crippen LogP contribution in [-0.4, -0.2) is 22.5 Å². The fourth-order valence-electron chi connectivity index (χ4n) is 1.96. The molecule has 0 atom stereocenters. The second-order valence-electron chi connectivity index (χ2n) is 7.90. The highest BCUT2D eigenvalue weighted by Gasteiger charge is 2.22. The van der Waals surface area contributed by atoms with Gasteiger partial charge in [-0.2, -0.15) is 0 Å². The molecule has 0 aliphatic carbocycles. The first-order valence-electron chi connectivity index (χ1n) is 7.85. The largest absolute Gasteiger partial charge is 0.444 e. The molecular formula is C17H25N3O5. The van der Waals surface area contributed by atoms with Gasteiger partial charge in [0.1, 0.15) is 11.3 Å². The van der Waals surface area contributed by atoms with Gasteiger partial charge >= 0.3 is 6.09 Å². The van der Waals surface area contributed by atoms with Crippen molar-refractivity contribution in [3.05, 3.63) is 28.3 Å². The molecule has 0 aromatic heterocycles. The Kier molecular flexibility index (Phi) is 6.12. The van der Waals surface area contributed by atoms with Gasteiger partial charge in [0.2, 0.25) is 5.91 Å². The van der Waals surface area contributed by atoms with Crippen LogP contribution in [0.15, 0.2) is 18.2 Å². The van der Waals surface area contributed by atoms with Gasteiger partial charge in [-0.25, -0.2) is 4.79 Å². The van der Waals surface area contributed by atoms with Gasteiger partial charge in [-0.05, 0) is 38.3 Å². The number of nitro benzene ring substituents is 1. The molecule has 0 saturated carbocycles. The Labute approximate surface area is 147 Å². The van der Waals surface area contributed by atoms with E-state index in [0.717, 1.165) is 0 Å². The number of carbonyl (C=O) groups excluding carboxylic acids is 2. The summed E-state index contributed by atoms with van der Waals surface area (Å²) >= 11 is 0. The normalized spacial score (nSPS) is 11.6. The summed E-state index contributed by atoms with van der Waals surface area (Å²) in [6.45, 7) is 10.8. The fourth-order valence-corrected chi connectivity index (χ4v) is 1.96. The van der Waals surface area contributed by atoms with Crippen molar-refractivity contribution in [2.75, 3.05) is 10.6 Å². The van der Waals surface area contributed by atoms with E-state index in [9.17, 15) is 19.7 Å². The number of nitrogens with one attached hydrogen (secondary N) is 2. The molecule has 0 unspecified atom stereocenters. The highest BCUT2D eigenvalue weighted by Crippen LogP contribution is 2.29. The van der Waals surface area contributed by atoms with Crippen LogP contribution in [0.25, 0.3) is 0 Å². The standard InChI is InChI=1S/C17H25N3O5/c1-16(2,3)10-14(21)19-12-8-7-11(9-13(12)20(23)24)18-15(22)25-17(4,5)6/h7-9H,10H2,1-6H3,(H,18,22)(H,19,21). The van der Waals surface area contributed by atoms with Gasteiger partial charge < -0.3 is 10.1 Å². The summed E-state index contributed by atoms with van der Waals surface area (Å²) in [6.07, 6.45) is -0.492. The Morgan fingerprint density at radius 3 is 2.20 bits per heavy atom. The van der Waals surface area contributed by atoms with Gasteiger partial charge in [0.25, 0.3) is 5.69 Å². The summed E-state index contributed by atoms with van der Waals surface area (Å²) in [4.78, 5) is 34.4. The molecule has 1 aromatic carbocycles. The van der Waals surface area contributed by atoms with Crippen LogP contribution in [0.3, 0.4) is 0 Å². The summed E-state index contributed by atoms with van der Waals surface area (Å²) in [6, 6.07) is 4.02. The van der Waals surface area contributed by atoms with E-state index < -0.39 is 16.6 Å². The molecule has 1 rings (SSSR count). The molecule has 0 saturated heterocycles. The van der Waals surface area contributed by atoms with E-state index in [-0.39, 0.29) is 34.8 Å². The predicted octanol–water partition coefficient (Wildman–Crippen LogP) is 4.32. The second kappa shape index (κ2) is 7.50. The quantitative estimate of drug-likeness (QED) is 0.620. The van der Waals surface area contributed by atoms with Crippen molar-refractivity contribution in [3.8, 4) is 0 Å². The summed E-state index contributed by atoms with van der Waals surface area (Å²) in [7, 11) is 0. The van der Waals surface area contributed by atoms with E-state index in [1.54, 1.807) is 20.8 Å². The third-order valence-corrected chi connectivity index (χ3v) is 2.80. The van der Waals surface area contributed by atoms with Crippen LogP contribution in [0, 0.1) is 15.5 Å². The molecule has 2 N–H and O–H groups in total. The maximum Gasteiger partial charge on any atom is 0.412 e. The summed E-state index contributed by atoms with van der Waals surface area (Å²) in [5.74, 6) is -0.316. The monoisotopic (exact) mass is 351 g/mol. The van der Waals surface area contributed by atoms with Crippen LogP contribution in [0.1, 0.15) is 48.0 Å². The number of carbonyl (C=O) groups is 2. The maximum atomic E-state index is 12.0. The SMILES string of the molecule is CC(C)(C)CC(=O)Nc1ccc(NC(=O)OC(C)(C)C)cc1[N+](=O)[O-]. The second-order valence-corrected chi connectivity index (χ2v) is 7.90. The van der Waals surface area contributed by atoms with E-state index in [0.29, 0.717) is 0 Å². The fraction of sp³-hybridized carbons (Fsp3) is 0.529. The molecule has 1 aromatic rings. The van der Waals surface area contributed by atoms with Crippen LogP contribution < -0.4 is 10.6 Å². The number of hydrogen-bond acceptors (Lipinski definition) is 5. The van der Waals surface area contributed by atoms with E-state index in [2.05, 4.69) is 10.6 Å². The molecule has 0 fully saturated rings. The Hall–Kier alpha value is -2.64. The molecule has 0 heterocycles. The number of rotatable bonds is 4. The lowest BCUT2D eigenvalue weighted by Gasteiger charge is -2.20. The van der Waals surface area contributed by atoms with E-state index in [4.69, 9.17) is 4.74 Å². The van der Waals surface area contributed by atoms with Crippen LogP contribution in [-0.2, 0) is 9.53 Å². The maximum absolute atomic E-state index is 12.0. The molecule has 8 nitrogen and oxygen atoms in total. The molecular weight excluding hydrogens is 326 g/mol. The lowest BCUT2D eigenvalue weighted by molar-refractivity contribution is -0.383. The molecule has 0 radical (unpaired) electrons. The highest BCUT2D eigenvalue weighted by atomic mass is 16.6. The molecule has 0 aliphatic heterocycles. The minimum Gasteiger partial charge on any atom is -0.444 e. The molecule has 25 heavy (non-hydrogen) atoms. The first-order valence-corrected chi connectivity index (χ1v) is 7.85. The van der Waals surface area contributed by atoms with Gasteiger partial charge in [0.05, 0.1) is 10.6 Å². The summed E-state index contributed by atoms with van der Waals surface area (Å²) < 4.78 is 5.10. The number of benzene rings is 1. The zero-order chi connectivity index (χ0) is 19.4. The van der Waals surface area contributed by atoms with Crippen LogP contribution in [0.2, 0.25) is 0 Å². The lowest BCUT2D eigenvalue weighted by atomic mass is 9.92. The topological polar surface area (TPSA) is 111 Å². The van der Waals surface area contributed by atoms with E-state index >= 15 is 0 Å². The van der Waals surface area contributed by atoms with E-state index in [1.807, 2.05) is 20.8 Å². The number of anilines is 2. The summed E-state index contributed by atoms with van der Waals surface area (Å²) in [5, 5.41) is 16.2. The highest BCUT2D eigenvalue weighted by molar-refractivity contribution is 5.94. The number of nitro groups is 1. The number of ether oxygens (including phenoxy) is 1. The van der Waals surface area contributed by atoms with Crippen molar-refractivity contribution in [1.29, 1.82) is 0 Å². The number of amides is 2. The summed E-state index contributed by atoms with van der Waals surface area (Å²) in [5.41, 5.74) is -0.951. The number of nitrogens with zero attached hydrogens (tertiary/aromatic N) is 1. The molecule has 8 heteroatoms. The van der Waals surface area contributed by atoms with Crippen molar-refractivity contribution < 1.29 is 19.2 Å². The van der Waals surface area contributed by atoms with Crippen molar-refractivity contribution in [2.24, 2.45) is 5.41 Å². The zero-order valence-corrected chi connectivity index (χ0v) is 15.4. The predicted molar refractivity (Wildman–Crippen MR) is 95.7 cm³/mol. The zero-order valence-electron chi connectivity index (χ0n) is 15.4.